The summed E-state index contributed by atoms with van der Waals surface area (Å²) in [5.41, 5.74) is 19.8. The van der Waals surface area contributed by atoms with Crippen LogP contribution in [0.3, 0.4) is 0 Å². The quantitative estimate of drug-likeness (QED) is 0.143. The van der Waals surface area contributed by atoms with Gasteiger partial charge < -0.3 is 0 Å². The van der Waals surface area contributed by atoms with E-state index in [4.69, 9.17) is 9.97 Å². The highest BCUT2D eigenvalue weighted by Gasteiger charge is 2.41. The lowest BCUT2D eigenvalue weighted by molar-refractivity contribution is 1.21. The van der Waals surface area contributed by atoms with Crippen molar-refractivity contribution in [3.63, 3.8) is 0 Å². The van der Waals surface area contributed by atoms with Crippen molar-refractivity contribution in [1.29, 1.82) is 0 Å². The van der Waals surface area contributed by atoms with Gasteiger partial charge in [-0.05, 0) is 102 Å². The second kappa shape index (κ2) is 16.0. The lowest BCUT2D eigenvalue weighted by Crippen LogP contribution is -2.50. The molecule has 63 heavy (non-hydrogen) atoms. The van der Waals surface area contributed by atoms with Crippen LogP contribution in [0.4, 0.5) is 0 Å². The molecule has 0 aliphatic carbocycles. The van der Waals surface area contributed by atoms with Crippen molar-refractivity contribution in [1.82, 2.24) is 9.97 Å². The average Bonchev–Trinajstić information content (AvgIpc) is 3.60. The van der Waals surface area contributed by atoms with Gasteiger partial charge in [0.1, 0.15) is 8.07 Å². The number of hydrogen-bond acceptors (Lipinski definition) is 2. The van der Waals surface area contributed by atoms with Crippen LogP contribution in [0.2, 0.25) is 13.1 Å². The monoisotopic (exact) mass is 820 g/mol. The predicted octanol–water partition coefficient (Wildman–Crippen LogP) is 14.6. The fourth-order valence-electron chi connectivity index (χ4n) is 9.29. The Bertz CT molecular complexity index is 3280. The molecule has 1 aliphatic heterocycles. The highest BCUT2D eigenvalue weighted by molar-refractivity contribution is 7.03. The maximum absolute atomic E-state index is 5.53. The van der Waals surface area contributed by atoms with Crippen LogP contribution in [0.15, 0.2) is 231 Å². The summed E-state index contributed by atoms with van der Waals surface area (Å²) >= 11 is 0. The van der Waals surface area contributed by atoms with E-state index in [0.717, 1.165) is 39.3 Å². The van der Waals surface area contributed by atoms with E-state index in [2.05, 4.69) is 244 Å². The molecule has 11 rings (SSSR count). The highest BCUT2D eigenvalue weighted by Crippen LogP contribution is 2.39. The van der Waals surface area contributed by atoms with Gasteiger partial charge in [0.2, 0.25) is 0 Å². The Labute approximate surface area is 370 Å². The summed E-state index contributed by atoms with van der Waals surface area (Å²) in [7, 11) is -2.16. The molecule has 298 valence electrons. The minimum atomic E-state index is -2.16. The minimum Gasteiger partial charge on any atom is -0.237 e. The maximum atomic E-state index is 5.53. The zero-order valence-corrected chi connectivity index (χ0v) is 36.3. The van der Waals surface area contributed by atoms with Crippen LogP contribution in [0.1, 0.15) is 0 Å². The van der Waals surface area contributed by atoms with Gasteiger partial charge in [0.15, 0.2) is 5.82 Å². The standard InChI is InChI=1S/C60H44N2Si/c1-63(2)56-28-10-9-27-55(56)57-58(53-25-13-23-51(39-53)49-21-11-19-47(37-49)45-33-29-43(30-34-45)41-15-5-3-6-16-41)61-59(62-60(57)63)54-26-14-24-52(40-54)50-22-12-20-48(38-50)46-35-31-44(32-36-46)42-17-7-4-8-18-42/h3-40H,1-2H3. The summed E-state index contributed by atoms with van der Waals surface area (Å²) in [6, 6.07) is 83.1. The molecular formula is C60H44N2Si. The Morgan fingerprint density at radius 1 is 0.286 bits per heavy atom. The molecule has 0 atom stereocenters. The molecule has 0 bridgehead atoms. The van der Waals surface area contributed by atoms with Gasteiger partial charge in [-0.15, -0.1) is 0 Å². The second-order valence-corrected chi connectivity index (χ2v) is 21.3. The molecule has 0 saturated heterocycles. The fraction of sp³-hybridized carbons (Fsp3) is 0.0333. The first-order valence-corrected chi connectivity index (χ1v) is 24.7. The first-order valence-electron chi connectivity index (χ1n) is 21.7. The van der Waals surface area contributed by atoms with E-state index in [1.807, 2.05) is 0 Å². The Balaban J connectivity index is 0.964. The summed E-state index contributed by atoms with van der Waals surface area (Å²) in [5, 5.41) is 2.61. The first kappa shape index (κ1) is 38.2. The number of aromatic nitrogens is 2. The molecule has 3 heteroatoms. The third-order valence-corrected chi connectivity index (χ3v) is 16.0. The van der Waals surface area contributed by atoms with Crippen LogP contribution in [-0.2, 0) is 0 Å². The van der Waals surface area contributed by atoms with Crippen LogP contribution >= 0.6 is 0 Å². The topological polar surface area (TPSA) is 25.8 Å². The molecule has 0 saturated carbocycles. The van der Waals surface area contributed by atoms with Gasteiger partial charge in [-0.1, -0.05) is 219 Å². The van der Waals surface area contributed by atoms with Gasteiger partial charge in [0.25, 0.3) is 0 Å². The largest absolute Gasteiger partial charge is 0.237 e. The van der Waals surface area contributed by atoms with E-state index in [1.165, 1.54) is 71.7 Å². The Morgan fingerprint density at radius 2 is 0.619 bits per heavy atom. The summed E-state index contributed by atoms with van der Waals surface area (Å²) in [5.74, 6) is 0.762. The van der Waals surface area contributed by atoms with Crippen LogP contribution in [0.25, 0.3) is 101 Å². The predicted molar refractivity (Wildman–Crippen MR) is 268 cm³/mol. The molecule has 2 heterocycles. The SMILES string of the molecule is C[Si]1(C)c2ccccc2-c2c(-c3cccc(-c4cccc(-c5ccc(-c6ccccc6)cc5)c4)c3)nc(-c3cccc(-c4cccc(-c5ccc(-c6ccccc6)cc5)c4)c3)nc21. The van der Waals surface area contributed by atoms with E-state index >= 15 is 0 Å². The smallest absolute Gasteiger partial charge is 0.159 e. The highest BCUT2D eigenvalue weighted by atomic mass is 28.3. The van der Waals surface area contributed by atoms with Gasteiger partial charge in [0.05, 0.1) is 5.69 Å². The number of rotatable bonds is 8. The second-order valence-electron chi connectivity index (χ2n) is 17.0. The van der Waals surface area contributed by atoms with Gasteiger partial charge in [-0.25, -0.2) is 9.97 Å². The van der Waals surface area contributed by atoms with Crippen molar-refractivity contribution >= 4 is 18.6 Å². The summed E-state index contributed by atoms with van der Waals surface area (Å²) < 4.78 is 0. The van der Waals surface area contributed by atoms with Gasteiger partial charge in [-0.2, -0.15) is 0 Å². The third-order valence-electron chi connectivity index (χ3n) is 12.7. The Kier molecular flexibility index (Phi) is 9.68. The van der Waals surface area contributed by atoms with E-state index < -0.39 is 8.07 Å². The summed E-state index contributed by atoms with van der Waals surface area (Å²) in [6.07, 6.45) is 0. The fourth-order valence-corrected chi connectivity index (χ4v) is 12.2. The van der Waals surface area contributed by atoms with Crippen LogP contribution < -0.4 is 10.5 Å². The normalized spacial score (nSPS) is 12.4. The third kappa shape index (κ3) is 7.23. The van der Waals surface area contributed by atoms with Gasteiger partial charge in [0, 0.05) is 22.0 Å². The first-order chi connectivity index (χ1) is 31.0. The lowest BCUT2D eigenvalue weighted by Gasteiger charge is -2.19. The molecule has 10 aromatic rings. The molecule has 0 N–H and O–H groups in total. The number of nitrogens with zero attached hydrogens (tertiary/aromatic N) is 2. The zero-order valence-electron chi connectivity index (χ0n) is 35.3. The molecule has 0 radical (unpaired) electrons. The molecular weight excluding hydrogens is 777 g/mol. The van der Waals surface area contributed by atoms with Crippen molar-refractivity contribution in [3.05, 3.63) is 231 Å². The number of fused-ring (bicyclic) bond motifs is 3. The van der Waals surface area contributed by atoms with Crippen LogP contribution in [-0.4, -0.2) is 18.0 Å². The van der Waals surface area contributed by atoms with Crippen LogP contribution in [0, 0.1) is 0 Å². The van der Waals surface area contributed by atoms with E-state index in [1.54, 1.807) is 0 Å². The van der Waals surface area contributed by atoms with Crippen molar-refractivity contribution in [3.8, 4) is 101 Å². The molecule has 0 unspecified atom stereocenters. The number of hydrogen-bond donors (Lipinski definition) is 0. The van der Waals surface area contributed by atoms with E-state index in [-0.39, 0.29) is 0 Å². The van der Waals surface area contributed by atoms with Crippen LogP contribution in [0.5, 0.6) is 0 Å². The van der Waals surface area contributed by atoms with Crippen molar-refractivity contribution < 1.29 is 0 Å². The Morgan fingerprint density at radius 3 is 1.11 bits per heavy atom. The molecule has 0 amide bonds. The van der Waals surface area contributed by atoms with Crippen molar-refractivity contribution in [2.45, 2.75) is 13.1 Å². The van der Waals surface area contributed by atoms with E-state index in [9.17, 15) is 0 Å². The molecule has 9 aromatic carbocycles. The zero-order chi connectivity index (χ0) is 42.3. The van der Waals surface area contributed by atoms with Gasteiger partial charge in [-0.3, -0.25) is 0 Å². The maximum Gasteiger partial charge on any atom is 0.159 e. The van der Waals surface area contributed by atoms with Gasteiger partial charge >= 0.3 is 0 Å². The summed E-state index contributed by atoms with van der Waals surface area (Å²) in [6.45, 7) is 4.86. The number of benzene rings is 9. The lowest BCUT2D eigenvalue weighted by atomic mass is 9.94. The average molecular weight is 821 g/mol. The molecule has 0 spiro atoms. The molecule has 0 fully saturated rings. The summed E-state index contributed by atoms with van der Waals surface area (Å²) in [4.78, 5) is 11.0. The van der Waals surface area contributed by atoms with Crippen molar-refractivity contribution in [2.75, 3.05) is 0 Å². The van der Waals surface area contributed by atoms with Crippen molar-refractivity contribution in [2.24, 2.45) is 0 Å². The molecule has 2 nitrogen and oxygen atoms in total. The molecule has 1 aromatic heterocycles. The molecule has 1 aliphatic rings. The Hall–Kier alpha value is -7.72. The van der Waals surface area contributed by atoms with E-state index in [0.29, 0.717) is 0 Å². The minimum absolute atomic E-state index is 0.762.